The van der Waals surface area contributed by atoms with Crippen molar-refractivity contribution in [2.45, 2.75) is 6.43 Å². The number of alkyl halides is 2. The van der Waals surface area contributed by atoms with Crippen LogP contribution in [0.4, 0.5) is 14.5 Å². The number of halogens is 4. The third kappa shape index (κ3) is 2.11. The first-order chi connectivity index (χ1) is 6.45. The van der Waals surface area contributed by atoms with Gasteiger partial charge in [0.2, 0.25) is 0 Å². The van der Waals surface area contributed by atoms with Crippen LogP contribution in [0.15, 0.2) is 12.1 Å². The van der Waals surface area contributed by atoms with E-state index < -0.39 is 27.6 Å². The Bertz CT molecular complexity index is 386. The van der Waals surface area contributed by atoms with Gasteiger partial charge in [0.25, 0.3) is 12.1 Å². The highest BCUT2D eigenvalue weighted by atomic mass is 127. The van der Waals surface area contributed by atoms with Gasteiger partial charge in [-0.2, -0.15) is 0 Å². The van der Waals surface area contributed by atoms with Crippen molar-refractivity contribution in [3.8, 4) is 0 Å². The highest BCUT2D eigenvalue weighted by Crippen LogP contribution is 2.37. The molecule has 0 unspecified atom stereocenters. The van der Waals surface area contributed by atoms with Gasteiger partial charge in [0, 0.05) is 9.64 Å². The third-order valence-electron chi connectivity index (χ3n) is 1.52. The van der Waals surface area contributed by atoms with Crippen molar-refractivity contribution >= 4 is 39.9 Å². The highest BCUT2D eigenvalue weighted by molar-refractivity contribution is 14.1. The number of nitro groups is 1. The van der Waals surface area contributed by atoms with Crippen molar-refractivity contribution in [3.05, 3.63) is 36.4 Å². The summed E-state index contributed by atoms with van der Waals surface area (Å²) in [6.45, 7) is 0. The van der Waals surface area contributed by atoms with E-state index in [1.54, 1.807) is 22.6 Å². The normalized spacial score (nSPS) is 10.6. The Balaban J connectivity index is 3.41. The molecule has 1 rings (SSSR count). The first kappa shape index (κ1) is 11.6. The van der Waals surface area contributed by atoms with Crippen LogP contribution in [-0.2, 0) is 0 Å². The SMILES string of the molecule is O=[N+]([O-])c1ccc(I)c(C(F)F)c1Cl. The molecular weight excluding hydrogens is 330 g/mol. The summed E-state index contributed by atoms with van der Waals surface area (Å²) >= 11 is 7.13. The van der Waals surface area contributed by atoms with Gasteiger partial charge in [0.05, 0.1) is 10.5 Å². The van der Waals surface area contributed by atoms with Gasteiger partial charge in [-0.15, -0.1) is 0 Å². The minimum Gasteiger partial charge on any atom is -0.258 e. The molecule has 0 aliphatic carbocycles. The quantitative estimate of drug-likeness (QED) is 0.469. The molecule has 0 saturated heterocycles. The second-order valence-corrected chi connectivity index (χ2v) is 3.89. The fourth-order valence-corrected chi connectivity index (χ4v) is 2.06. The number of hydrogen-bond donors (Lipinski definition) is 0. The summed E-state index contributed by atoms with van der Waals surface area (Å²) < 4.78 is 25.1. The Morgan fingerprint density at radius 3 is 2.50 bits per heavy atom. The van der Waals surface area contributed by atoms with E-state index in [4.69, 9.17) is 11.6 Å². The summed E-state index contributed by atoms with van der Waals surface area (Å²) in [4.78, 5) is 9.59. The van der Waals surface area contributed by atoms with Crippen LogP contribution >= 0.6 is 34.2 Å². The van der Waals surface area contributed by atoms with Crippen molar-refractivity contribution < 1.29 is 13.7 Å². The topological polar surface area (TPSA) is 43.1 Å². The van der Waals surface area contributed by atoms with E-state index in [-0.39, 0.29) is 3.57 Å². The van der Waals surface area contributed by atoms with Crippen LogP contribution in [0.1, 0.15) is 12.0 Å². The molecule has 3 nitrogen and oxygen atoms in total. The zero-order valence-corrected chi connectivity index (χ0v) is 9.42. The number of benzene rings is 1. The molecule has 0 saturated carbocycles. The van der Waals surface area contributed by atoms with E-state index in [0.717, 1.165) is 6.07 Å². The average Bonchev–Trinajstić information content (AvgIpc) is 2.02. The predicted octanol–water partition coefficient (Wildman–Crippen LogP) is 3.79. The lowest BCUT2D eigenvalue weighted by molar-refractivity contribution is -0.384. The zero-order chi connectivity index (χ0) is 10.9. The molecule has 7 heteroatoms. The molecule has 0 fully saturated rings. The van der Waals surface area contributed by atoms with Gasteiger partial charge >= 0.3 is 0 Å². The van der Waals surface area contributed by atoms with Crippen LogP contribution in [0.3, 0.4) is 0 Å². The van der Waals surface area contributed by atoms with E-state index in [1.165, 1.54) is 6.07 Å². The van der Waals surface area contributed by atoms with E-state index in [9.17, 15) is 18.9 Å². The Kier molecular flexibility index (Phi) is 3.59. The molecule has 1 aromatic carbocycles. The van der Waals surface area contributed by atoms with E-state index in [1.807, 2.05) is 0 Å². The number of rotatable bonds is 2. The van der Waals surface area contributed by atoms with Crippen molar-refractivity contribution in [1.29, 1.82) is 0 Å². The Hall–Kier alpha value is -0.500. The zero-order valence-electron chi connectivity index (χ0n) is 6.51. The van der Waals surface area contributed by atoms with E-state index in [0.29, 0.717) is 0 Å². The maximum absolute atomic E-state index is 12.4. The summed E-state index contributed by atoms with van der Waals surface area (Å²) in [6.07, 6.45) is -2.81. The molecule has 0 amide bonds. The first-order valence-corrected chi connectivity index (χ1v) is 4.81. The molecule has 14 heavy (non-hydrogen) atoms. The molecule has 0 spiro atoms. The molecule has 1 aromatic rings. The Morgan fingerprint density at radius 2 is 2.07 bits per heavy atom. The van der Waals surface area contributed by atoms with Crippen LogP contribution in [0.2, 0.25) is 5.02 Å². The van der Waals surface area contributed by atoms with Crippen molar-refractivity contribution in [1.82, 2.24) is 0 Å². The second-order valence-electron chi connectivity index (χ2n) is 2.35. The van der Waals surface area contributed by atoms with Gasteiger partial charge < -0.3 is 0 Å². The average molecular weight is 333 g/mol. The molecule has 0 heterocycles. The standard InChI is InChI=1S/C7H3ClF2INO2/c8-6-4(12(13)14)2-1-3(11)5(6)7(9)10/h1-2,7H. The maximum atomic E-state index is 12.4. The molecule has 0 radical (unpaired) electrons. The summed E-state index contributed by atoms with van der Waals surface area (Å²) in [7, 11) is 0. The lowest BCUT2D eigenvalue weighted by Crippen LogP contribution is -1.96. The van der Waals surface area contributed by atoms with Crippen molar-refractivity contribution in [3.63, 3.8) is 0 Å². The molecule has 76 valence electrons. The first-order valence-electron chi connectivity index (χ1n) is 3.35. The second kappa shape index (κ2) is 4.35. The van der Waals surface area contributed by atoms with Crippen LogP contribution in [-0.4, -0.2) is 4.92 Å². The van der Waals surface area contributed by atoms with Crippen LogP contribution in [0.25, 0.3) is 0 Å². The molecular formula is C7H3ClF2INO2. The third-order valence-corrected chi connectivity index (χ3v) is 2.86. The highest BCUT2D eigenvalue weighted by Gasteiger charge is 2.23. The van der Waals surface area contributed by atoms with E-state index in [2.05, 4.69) is 0 Å². The van der Waals surface area contributed by atoms with E-state index >= 15 is 0 Å². The van der Waals surface area contributed by atoms with Gasteiger partial charge in [0.1, 0.15) is 5.02 Å². The Morgan fingerprint density at radius 1 is 1.50 bits per heavy atom. The minimum atomic E-state index is -2.81. The molecule has 0 bridgehead atoms. The molecule has 0 aromatic heterocycles. The molecule has 0 atom stereocenters. The summed E-state index contributed by atoms with van der Waals surface area (Å²) in [5, 5.41) is 9.89. The van der Waals surface area contributed by atoms with Crippen molar-refractivity contribution in [2.24, 2.45) is 0 Å². The number of nitro benzene ring substituents is 1. The van der Waals surface area contributed by atoms with Crippen LogP contribution in [0.5, 0.6) is 0 Å². The van der Waals surface area contributed by atoms with Crippen LogP contribution < -0.4 is 0 Å². The minimum absolute atomic E-state index is 0.216. The molecule has 0 aliphatic heterocycles. The Labute approximate surface area is 96.3 Å². The fraction of sp³-hybridized carbons (Fsp3) is 0.143. The van der Waals surface area contributed by atoms with Gasteiger partial charge in [-0.3, -0.25) is 10.1 Å². The number of hydrogen-bond acceptors (Lipinski definition) is 2. The predicted molar refractivity (Wildman–Crippen MR) is 55.8 cm³/mol. The largest absolute Gasteiger partial charge is 0.288 e. The van der Waals surface area contributed by atoms with Gasteiger partial charge in [-0.1, -0.05) is 11.6 Å². The summed E-state index contributed by atoms with van der Waals surface area (Å²) in [5.74, 6) is 0. The maximum Gasteiger partial charge on any atom is 0.288 e. The monoisotopic (exact) mass is 333 g/mol. The lowest BCUT2D eigenvalue weighted by Gasteiger charge is -2.05. The smallest absolute Gasteiger partial charge is 0.258 e. The van der Waals surface area contributed by atoms with Gasteiger partial charge in [0.15, 0.2) is 0 Å². The summed E-state index contributed by atoms with van der Waals surface area (Å²) in [5.41, 5.74) is -0.983. The fourth-order valence-electron chi connectivity index (χ4n) is 0.899. The number of nitrogens with zero attached hydrogens (tertiary/aromatic N) is 1. The van der Waals surface area contributed by atoms with Gasteiger partial charge in [-0.25, -0.2) is 8.78 Å². The van der Waals surface area contributed by atoms with Gasteiger partial charge in [-0.05, 0) is 28.7 Å². The van der Waals surface area contributed by atoms with Crippen LogP contribution in [0, 0.1) is 13.7 Å². The molecule has 0 aliphatic rings. The lowest BCUT2D eigenvalue weighted by atomic mass is 10.2. The van der Waals surface area contributed by atoms with Crippen molar-refractivity contribution in [2.75, 3.05) is 0 Å². The summed E-state index contributed by atoms with van der Waals surface area (Å²) in [6, 6.07) is 2.35. The molecule has 0 N–H and O–H groups in total.